The van der Waals surface area contributed by atoms with Crippen molar-refractivity contribution in [1.82, 2.24) is 10.2 Å². The smallest absolute Gasteiger partial charge is 0.238 e. The first-order valence-electron chi connectivity index (χ1n) is 7.02. The number of nitrogens with zero attached hydrogens (tertiary/aromatic N) is 1. The van der Waals surface area contributed by atoms with E-state index >= 15 is 0 Å². The van der Waals surface area contributed by atoms with Crippen molar-refractivity contribution in [2.75, 3.05) is 13.1 Å². The van der Waals surface area contributed by atoms with Gasteiger partial charge in [-0.3, -0.25) is 10.1 Å². The molecule has 2 fully saturated rings. The molecule has 0 radical (unpaired) electrons. The third kappa shape index (κ3) is 2.63. The maximum Gasteiger partial charge on any atom is 0.238 e. The van der Waals surface area contributed by atoms with Crippen LogP contribution in [0.3, 0.4) is 0 Å². The fourth-order valence-electron chi connectivity index (χ4n) is 3.16. The molecule has 1 unspecified atom stereocenters. The third-order valence-electron chi connectivity index (χ3n) is 4.19. The summed E-state index contributed by atoms with van der Waals surface area (Å²) in [5, 5.41) is 3.22. The van der Waals surface area contributed by atoms with Crippen molar-refractivity contribution >= 4 is 5.91 Å². The van der Waals surface area contributed by atoms with Crippen LogP contribution in [0.5, 0.6) is 0 Å². The fraction of sp³-hybridized carbons (Fsp3) is 0.533. The maximum atomic E-state index is 13.0. The second kappa shape index (κ2) is 5.29. The molecule has 4 heteroatoms. The Morgan fingerprint density at radius 1 is 1.21 bits per heavy atom. The van der Waals surface area contributed by atoms with Gasteiger partial charge in [0.25, 0.3) is 0 Å². The zero-order chi connectivity index (χ0) is 13.2. The Bertz CT molecular complexity index is 454. The lowest BCUT2D eigenvalue weighted by molar-refractivity contribution is -0.128. The quantitative estimate of drug-likeness (QED) is 0.907. The van der Waals surface area contributed by atoms with E-state index in [1.54, 1.807) is 12.1 Å². The molecule has 3 nitrogen and oxygen atoms in total. The topological polar surface area (TPSA) is 32.3 Å². The monoisotopic (exact) mass is 262 g/mol. The molecule has 1 saturated heterocycles. The molecule has 1 aromatic rings. The molecule has 3 rings (SSSR count). The molecule has 0 spiro atoms. The van der Waals surface area contributed by atoms with Crippen molar-refractivity contribution < 1.29 is 9.18 Å². The van der Waals surface area contributed by atoms with Gasteiger partial charge in [-0.25, -0.2) is 4.39 Å². The molecule has 0 bridgehead atoms. The molecule has 0 aromatic heterocycles. The Hall–Kier alpha value is -1.42. The van der Waals surface area contributed by atoms with E-state index in [-0.39, 0.29) is 17.9 Å². The number of carbonyl (C=O) groups is 1. The largest absolute Gasteiger partial charge is 0.322 e. The van der Waals surface area contributed by atoms with Crippen molar-refractivity contribution in [2.45, 2.75) is 31.8 Å². The van der Waals surface area contributed by atoms with Gasteiger partial charge in [-0.2, -0.15) is 0 Å². The van der Waals surface area contributed by atoms with E-state index in [0.29, 0.717) is 12.5 Å². The number of rotatable bonds is 3. The van der Waals surface area contributed by atoms with Crippen LogP contribution in [-0.2, 0) is 4.79 Å². The molecule has 19 heavy (non-hydrogen) atoms. The molecule has 1 atom stereocenters. The third-order valence-corrected chi connectivity index (χ3v) is 4.19. The van der Waals surface area contributed by atoms with Crippen LogP contribution in [0.2, 0.25) is 0 Å². The highest BCUT2D eigenvalue weighted by atomic mass is 19.1. The summed E-state index contributed by atoms with van der Waals surface area (Å²) in [4.78, 5) is 13.9. The Balaban J connectivity index is 1.75. The van der Waals surface area contributed by atoms with E-state index in [1.165, 1.54) is 37.8 Å². The molecule has 1 aliphatic carbocycles. The van der Waals surface area contributed by atoms with Gasteiger partial charge in [0.1, 0.15) is 12.0 Å². The predicted octanol–water partition coefficient (Wildman–Crippen LogP) is 2.45. The van der Waals surface area contributed by atoms with Crippen LogP contribution in [-0.4, -0.2) is 23.9 Å². The van der Waals surface area contributed by atoms with Crippen molar-refractivity contribution in [3.8, 4) is 0 Å². The minimum atomic E-state index is -0.240. The van der Waals surface area contributed by atoms with Gasteiger partial charge in [-0.1, -0.05) is 25.0 Å². The van der Waals surface area contributed by atoms with E-state index < -0.39 is 0 Å². The summed E-state index contributed by atoms with van der Waals surface area (Å²) in [5.41, 5.74) is 0.963. The molecule has 1 amide bonds. The van der Waals surface area contributed by atoms with Gasteiger partial charge in [0.15, 0.2) is 0 Å². The number of nitrogens with one attached hydrogen (secondary N) is 1. The Morgan fingerprint density at radius 3 is 2.58 bits per heavy atom. The number of amides is 1. The number of hydrogen-bond donors (Lipinski definition) is 1. The van der Waals surface area contributed by atoms with Crippen LogP contribution in [0.4, 0.5) is 4.39 Å². The van der Waals surface area contributed by atoms with Gasteiger partial charge in [0.05, 0.1) is 6.54 Å². The second-order valence-corrected chi connectivity index (χ2v) is 5.53. The van der Waals surface area contributed by atoms with Gasteiger partial charge >= 0.3 is 0 Å². The molecular weight excluding hydrogens is 243 g/mol. The predicted molar refractivity (Wildman–Crippen MR) is 70.8 cm³/mol. The molecule has 1 heterocycles. The minimum absolute atomic E-state index is 0.0892. The van der Waals surface area contributed by atoms with Crippen LogP contribution < -0.4 is 5.32 Å². The van der Waals surface area contributed by atoms with Crippen molar-refractivity contribution in [1.29, 1.82) is 0 Å². The first-order chi connectivity index (χ1) is 9.24. The normalized spacial score (nSPS) is 24.4. The molecule has 2 aliphatic rings. The summed E-state index contributed by atoms with van der Waals surface area (Å²) in [7, 11) is 0. The standard InChI is InChI=1S/C15H19FN2O/c16-13-7-5-12(6-8-13)15-17-9-14(19)18(15)10-11-3-1-2-4-11/h5-8,11,15,17H,1-4,9-10H2. The Morgan fingerprint density at radius 2 is 1.89 bits per heavy atom. The zero-order valence-corrected chi connectivity index (χ0v) is 10.9. The first-order valence-corrected chi connectivity index (χ1v) is 7.02. The summed E-state index contributed by atoms with van der Waals surface area (Å²) in [6.45, 7) is 1.21. The molecule has 1 aliphatic heterocycles. The van der Waals surface area contributed by atoms with E-state index in [1.807, 2.05) is 4.90 Å². The van der Waals surface area contributed by atoms with E-state index in [4.69, 9.17) is 0 Å². The van der Waals surface area contributed by atoms with Crippen LogP contribution in [0, 0.1) is 11.7 Å². The molecule has 1 N–H and O–H groups in total. The highest BCUT2D eigenvalue weighted by Crippen LogP contribution is 2.30. The van der Waals surface area contributed by atoms with Gasteiger partial charge in [-0.15, -0.1) is 0 Å². The highest BCUT2D eigenvalue weighted by Gasteiger charge is 2.33. The minimum Gasteiger partial charge on any atom is -0.322 e. The number of carbonyl (C=O) groups excluding carboxylic acids is 1. The lowest BCUT2D eigenvalue weighted by Crippen LogP contribution is -2.34. The van der Waals surface area contributed by atoms with Gasteiger partial charge in [-0.05, 0) is 36.5 Å². The van der Waals surface area contributed by atoms with Gasteiger partial charge in [0, 0.05) is 6.54 Å². The van der Waals surface area contributed by atoms with Gasteiger partial charge < -0.3 is 4.90 Å². The number of hydrogen-bond acceptors (Lipinski definition) is 2. The SMILES string of the molecule is O=C1CNC(c2ccc(F)cc2)N1CC1CCCC1. The lowest BCUT2D eigenvalue weighted by atomic mass is 10.1. The Labute approximate surface area is 112 Å². The first kappa shape index (κ1) is 12.6. The second-order valence-electron chi connectivity index (χ2n) is 5.53. The maximum absolute atomic E-state index is 13.0. The van der Waals surface area contributed by atoms with E-state index in [2.05, 4.69) is 5.32 Å². The van der Waals surface area contributed by atoms with Crippen LogP contribution >= 0.6 is 0 Å². The van der Waals surface area contributed by atoms with E-state index in [0.717, 1.165) is 12.1 Å². The van der Waals surface area contributed by atoms with Crippen molar-refractivity contribution in [2.24, 2.45) is 5.92 Å². The average Bonchev–Trinajstić information content (AvgIpc) is 3.03. The Kier molecular flexibility index (Phi) is 3.51. The molecule has 102 valence electrons. The van der Waals surface area contributed by atoms with Crippen LogP contribution in [0.25, 0.3) is 0 Å². The average molecular weight is 262 g/mol. The van der Waals surface area contributed by atoms with Crippen LogP contribution in [0.15, 0.2) is 24.3 Å². The summed E-state index contributed by atoms with van der Waals surface area (Å²) < 4.78 is 13.0. The zero-order valence-electron chi connectivity index (χ0n) is 10.9. The molecule has 1 saturated carbocycles. The van der Waals surface area contributed by atoms with Gasteiger partial charge in [0.2, 0.25) is 5.91 Å². The highest BCUT2D eigenvalue weighted by molar-refractivity contribution is 5.81. The van der Waals surface area contributed by atoms with Crippen LogP contribution in [0.1, 0.15) is 37.4 Å². The summed E-state index contributed by atoms with van der Waals surface area (Å²) in [5.74, 6) is 0.545. The van der Waals surface area contributed by atoms with E-state index in [9.17, 15) is 9.18 Å². The molecular formula is C15H19FN2O. The number of benzene rings is 1. The fourth-order valence-corrected chi connectivity index (χ4v) is 3.16. The summed E-state index contributed by atoms with van der Waals surface area (Å²) in [6, 6.07) is 6.42. The lowest BCUT2D eigenvalue weighted by Gasteiger charge is -2.27. The summed E-state index contributed by atoms with van der Waals surface area (Å²) >= 11 is 0. The molecule has 1 aromatic carbocycles. The van der Waals surface area contributed by atoms with Crippen molar-refractivity contribution in [3.63, 3.8) is 0 Å². The summed E-state index contributed by atoms with van der Waals surface area (Å²) in [6.07, 6.45) is 4.91. The number of halogens is 1. The van der Waals surface area contributed by atoms with Crippen molar-refractivity contribution in [3.05, 3.63) is 35.6 Å².